The molecule has 0 spiro atoms. The number of benzene rings is 2. The summed E-state index contributed by atoms with van der Waals surface area (Å²) in [4.78, 5) is 12.1. The maximum atomic E-state index is 12.1. The summed E-state index contributed by atoms with van der Waals surface area (Å²) in [5.74, 6) is 0.373. The van der Waals surface area contributed by atoms with E-state index in [4.69, 9.17) is 5.73 Å². The van der Waals surface area contributed by atoms with Crippen molar-refractivity contribution in [1.82, 2.24) is 5.32 Å². The van der Waals surface area contributed by atoms with Crippen molar-refractivity contribution in [2.75, 3.05) is 6.54 Å². The third kappa shape index (κ3) is 3.14. The molecular weight excluding hydrogens is 260 g/mol. The highest BCUT2D eigenvalue weighted by Gasteiger charge is 2.26. The van der Waals surface area contributed by atoms with E-state index in [0.717, 1.165) is 12.0 Å². The Morgan fingerprint density at radius 1 is 1.14 bits per heavy atom. The molecule has 2 aromatic rings. The molecule has 0 aliphatic heterocycles. The Hall–Kier alpha value is -2.13. The van der Waals surface area contributed by atoms with Gasteiger partial charge in [0.1, 0.15) is 0 Å². The second-order valence-electron chi connectivity index (χ2n) is 5.64. The van der Waals surface area contributed by atoms with Crippen LogP contribution in [0.1, 0.15) is 22.6 Å². The second-order valence-corrected chi connectivity index (χ2v) is 5.64. The molecule has 3 nitrogen and oxygen atoms in total. The standard InChI is InChI=1S/C18H20N2O/c19-17(10-13-6-2-1-3-7-13)18(21)20-12-15-11-14-8-4-5-9-16(14)15/h1-9,15,17H,10-12,19H2,(H,20,21). The molecule has 1 aliphatic carbocycles. The zero-order valence-corrected chi connectivity index (χ0v) is 12.0. The predicted molar refractivity (Wildman–Crippen MR) is 84.0 cm³/mol. The molecule has 2 atom stereocenters. The number of hydrogen-bond acceptors (Lipinski definition) is 2. The van der Waals surface area contributed by atoms with Crippen molar-refractivity contribution in [2.45, 2.75) is 24.8 Å². The minimum Gasteiger partial charge on any atom is -0.354 e. The van der Waals surface area contributed by atoms with Gasteiger partial charge in [-0.2, -0.15) is 0 Å². The normalized spacial score (nSPS) is 17.5. The lowest BCUT2D eigenvalue weighted by molar-refractivity contribution is -0.122. The summed E-state index contributed by atoms with van der Waals surface area (Å²) in [5.41, 5.74) is 9.82. The topological polar surface area (TPSA) is 55.1 Å². The summed E-state index contributed by atoms with van der Waals surface area (Å²) in [7, 11) is 0. The van der Waals surface area contributed by atoms with Crippen LogP contribution in [0.15, 0.2) is 54.6 Å². The molecule has 21 heavy (non-hydrogen) atoms. The number of hydrogen-bond donors (Lipinski definition) is 2. The lowest BCUT2D eigenvalue weighted by Gasteiger charge is -2.30. The van der Waals surface area contributed by atoms with Gasteiger partial charge < -0.3 is 11.1 Å². The van der Waals surface area contributed by atoms with Gasteiger partial charge in [-0.1, -0.05) is 54.6 Å². The number of carbonyl (C=O) groups is 1. The molecule has 0 saturated heterocycles. The van der Waals surface area contributed by atoms with Crippen molar-refractivity contribution in [3.63, 3.8) is 0 Å². The summed E-state index contributed by atoms with van der Waals surface area (Å²) in [6.07, 6.45) is 1.62. The Kier molecular flexibility index (Phi) is 4.02. The predicted octanol–water partition coefficient (Wildman–Crippen LogP) is 2.01. The van der Waals surface area contributed by atoms with E-state index in [2.05, 4.69) is 23.5 Å². The van der Waals surface area contributed by atoms with Crippen LogP contribution in [0.25, 0.3) is 0 Å². The van der Waals surface area contributed by atoms with Crippen LogP contribution in [0.5, 0.6) is 0 Å². The quantitative estimate of drug-likeness (QED) is 0.880. The number of nitrogens with one attached hydrogen (secondary N) is 1. The van der Waals surface area contributed by atoms with Gasteiger partial charge in [0, 0.05) is 12.5 Å². The van der Waals surface area contributed by atoms with Crippen molar-refractivity contribution >= 4 is 5.91 Å². The Morgan fingerprint density at radius 3 is 2.62 bits per heavy atom. The molecule has 0 saturated carbocycles. The molecule has 0 radical (unpaired) electrons. The fourth-order valence-electron chi connectivity index (χ4n) is 2.86. The minimum absolute atomic E-state index is 0.0664. The van der Waals surface area contributed by atoms with Gasteiger partial charge in [0.15, 0.2) is 0 Å². The minimum atomic E-state index is -0.484. The van der Waals surface area contributed by atoms with Gasteiger partial charge in [0.2, 0.25) is 5.91 Å². The highest BCUT2D eigenvalue weighted by molar-refractivity contribution is 5.81. The van der Waals surface area contributed by atoms with Crippen molar-refractivity contribution in [3.8, 4) is 0 Å². The largest absolute Gasteiger partial charge is 0.354 e. The SMILES string of the molecule is NC(Cc1ccccc1)C(=O)NCC1Cc2ccccc21. The maximum absolute atomic E-state index is 12.1. The van der Waals surface area contributed by atoms with Gasteiger partial charge in [0.25, 0.3) is 0 Å². The van der Waals surface area contributed by atoms with E-state index >= 15 is 0 Å². The van der Waals surface area contributed by atoms with Crippen LogP contribution < -0.4 is 11.1 Å². The van der Waals surface area contributed by atoms with Gasteiger partial charge >= 0.3 is 0 Å². The molecule has 0 aromatic heterocycles. The molecule has 3 heteroatoms. The summed E-state index contributed by atoms with van der Waals surface area (Å²) < 4.78 is 0. The summed E-state index contributed by atoms with van der Waals surface area (Å²) >= 11 is 0. The zero-order valence-electron chi connectivity index (χ0n) is 12.0. The van der Waals surface area contributed by atoms with Crippen LogP contribution in [0.4, 0.5) is 0 Å². The van der Waals surface area contributed by atoms with Crippen LogP contribution in [-0.2, 0) is 17.6 Å². The number of carbonyl (C=O) groups excluding carboxylic acids is 1. The van der Waals surface area contributed by atoms with Gasteiger partial charge in [-0.15, -0.1) is 0 Å². The van der Waals surface area contributed by atoms with Gasteiger partial charge in [-0.3, -0.25) is 4.79 Å². The third-order valence-electron chi connectivity index (χ3n) is 4.12. The van der Waals surface area contributed by atoms with Crippen molar-refractivity contribution in [3.05, 3.63) is 71.3 Å². The lowest BCUT2D eigenvalue weighted by Crippen LogP contribution is -2.44. The van der Waals surface area contributed by atoms with Gasteiger partial charge in [0.05, 0.1) is 6.04 Å². The van der Waals surface area contributed by atoms with Crippen LogP contribution >= 0.6 is 0 Å². The summed E-state index contributed by atoms with van der Waals surface area (Å²) in [5, 5.41) is 2.98. The zero-order chi connectivity index (χ0) is 14.7. The number of nitrogens with two attached hydrogens (primary N) is 1. The first-order valence-electron chi connectivity index (χ1n) is 7.39. The van der Waals surface area contributed by atoms with Gasteiger partial charge in [-0.05, 0) is 29.5 Å². The Balaban J connectivity index is 1.49. The summed E-state index contributed by atoms with van der Waals surface area (Å²) in [6, 6.07) is 17.8. The van der Waals surface area contributed by atoms with Crippen molar-refractivity contribution in [2.24, 2.45) is 5.73 Å². The molecular formula is C18H20N2O. The molecule has 1 aliphatic rings. The van der Waals surface area contributed by atoms with Crippen molar-refractivity contribution < 1.29 is 4.79 Å². The summed E-state index contributed by atoms with van der Waals surface area (Å²) in [6.45, 7) is 0.679. The monoisotopic (exact) mass is 280 g/mol. The average molecular weight is 280 g/mol. The highest BCUT2D eigenvalue weighted by Crippen LogP contribution is 2.33. The average Bonchev–Trinajstić information content (AvgIpc) is 2.49. The Morgan fingerprint density at radius 2 is 1.86 bits per heavy atom. The smallest absolute Gasteiger partial charge is 0.237 e. The van der Waals surface area contributed by atoms with E-state index in [9.17, 15) is 4.79 Å². The van der Waals surface area contributed by atoms with Crippen LogP contribution in [0.2, 0.25) is 0 Å². The highest BCUT2D eigenvalue weighted by atomic mass is 16.2. The first-order valence-corrected chi connectivity index (χ1v) is 7.39. The second kappa shape index (κ2) is 6.10. The molecule has 0 bridgehead atoms. The lowest BCUT2D eigenvalue weighted by atomic mass is 9.77. The first kappa shape index (κ1) is 13.8. The van der Waals surface area contributed by atoms with Gasteiger partial charge in [-0.25, -0.2) is 0 Å². The van der Waals surface area contributed by atoms with E-state index in [1.807, 2.05) is 36.4 Å². The third-order valence-corrected chi connectivity index (χ3v) is 4.12. The Labute approximate surface area is 125 Å². The van der Waals surface area contributed by atoms with E-state index in [0.29, 0.717) is 18.9 Å². The van der Waals surface area contributed by atoms with Crippen LogP contribution in [-0.4, -0.2) is 18.5 Å². The van der Waals surface area contributed by atoms with E-state index in [-0.39, 0.29) is 5.91 Å². The molecule has 3 N–H and O–H groups in total. The molecule has 3 rings (SSSR count). The van der Waals surface area contributed by atoms with E-state index in [1.165, 1.54) is 11.1 Å². The maximum Gasteiger partial charge on any atom is 0.237 e. The Bertz CT molecular complexity index is 624. The molecule has 0 fully saturated rings. The van der Waals surface area contributed by atoms with E-state index < -0.39 is 6.04 Å². The van der Waals surface area contributed by atoms with Crippen LogP contribution in [0, 0.1) is 0 Å². The number of amides is 1. The van der Waals surface area contributed by atoms with E-state index in [1.54, 1.807) is 0 Å². The molecule has 108 valence electrons. The molecule has 2 unspecified atom stereocenters. The first-order chi connectivity index (χ1) is 10.2. The van der Waals surface area contributed by atoms with Crippen molar-refractivity contribution in [1.29, 1.82) is 0 Å². The fourth-order valence-corrected chi connectivity index (χ4v) is 2.86. The van der Waals surface area contributed by atoms with Crippen LogP contribution in [0.3, 0.4) is 0 Å². The number of fused-ring (bicyclic) bond motifs is 1. The molecule has 0 heterocycles. The fraction of sp³-hybridized carbons (Fsp3) is 0.278. The number of rotatable bonds is 5. The molecule has 1 amide bonds. The molecule has 2 aromatic carbocycles.